The van der Waals surface area contributed by atoms with Gasteiger partial charge in [-0.05, 0) is 86.9 Å². The smallest absolute Gasteiger partial charge is 0.257 e. The Balaban J connectivity index is 1.14. The standard InChI is InChI=1S/C30H28N4O5S2/c1-18-23(10-11-26-27(18)34-29(36)24-4-2-3-5-25(24)41(26,37)38)28(35)32-16-22-17-33-30(40-22)19-6-8-20(9-7-19)39-21-12-14-31-15-13-21/h2-11,17,21,31H,12-16H2,1H3,(H,32,35)(H,34,36). The first-order chi connectivity index (χ1) is 19.8. The van der Waals surface area contributed by atoms with Crippen molar-refractivity contribution in [1.29, 1.82) is 0 Å². The van der Waals surface area contributed by atoms with Crippen LogP contribution < -0.4 is 20.7 Å². The first-order valence-electron chi connectivity index (χ1n) is 13.3. The molecule has 0 saturated carbocycles. The first kappa shape index (κ1) is 27.1. The number of fused-ring (bicyclic) bond motifs is 2. The summed E-state index contributed by atoms with van der Waals surface area (Å²) in [6, 6.07) is 16.8. The third-order valence-corrected chi connectivity index (χ3v) is 10.2. The number of rotatable bonds is 6. The maximum atomic E-state index is 13.3. The number of nitrogens with zero attached hydrogens (tertiary/aromatic N) is 1. The van der Waals surface area contributed by atoms with E-state index in [4.69, 9.17) is 4.74 Å². The molecule has 9 nitrogen and oxygen atoms in total. The number of benzene rings is 3. The van der Waals surface area contributed by atoms with Gasteiger partial charge in [0.1, 0.15) is 16.9 Å². The molecule has 41 heavy (non-hydrogen) atoms. The molecule has 0 radical (unpaired) electrons. The fourth-order valence-electron chi connectivity index (χ4n) is 5.07. The summed E-state index contributed by atoms with van der Waals surface area (Å²) < 4.78 is 32.7. The normalized spacial score (nSPS) is 16.2. The van der Waals surface area contributed by atoms with Gasteiger partial charge in [0.15, 0.2) is 0 Å². The Bertz CT molecular complexity index is 1740. The Morgan fingerprint density at radius 1 is 1.05 bits per heavy atom. The Kier molecular flexibility index (Phi) is 7.33. The molecule has 0 aliphatic carbocycles. The zero-order valence-corrected chi connectivity index (χ0v) is 23.9. The highest BCUT2D eigenvalue weighted by Crippen LogP contribution is 2.37. The molecule has 4 aromatic rings. The molecule has 210 valence electrons. The Hall–Kier alpha value is -4.06. The number of piperidine rings is 1. The topological polar surface area (TPSA) is 126 Å². The fraction of sp³-hybridized carbons (Fsp3) is 0.233. The largest absolute Gasteiger partial charge is 0.490 e. The van der Waals surface area contributed by atoms with Gasteiger partial charge in [-0.15, -0.1) is 11.3 Å². The summed E-state index contributed by atoms with van der Waals surface area (Å²) in [6.45, 7) is 3.82. The molecule has 0 bridgehead atoms. The zero-order valence-electron chi connectivity index (χ0n) is 22.3. The number of thiazole rings is 1. The first-order valence-corrected chi connectivity index (χ1v) is 15.6. The summed E-state index contributed by atoms with van der Waals surface area (Å²) in [6.07, 6.45) is 3.96. The molecule has 0 spiro atoms. The van der Waals surface area contributed by atoms with Crippen molar-refractivity contribution in [2.24, 2.45) is 0 Å². The van der Waals surface area contributed by atoms with E-state index in [0.29, 0.717) is 5.56 Å². The van der Waals surface area contributed by atoms with Crippen LogP contribution >= 0.6 is 11.3 Å². The predicted octanol–water partition coefficient (Wildman–Crippen LogP) is 4.58. The maximum absolute atomic E-state index is 13.3. The van der Waals surface area contributed by atoms with E-state index in [9.17, 15) is 18.0 Å². The molecular weight excluding hydrogens is 560 g/mol. The van der Waals surface area contributed by atoms with E-state index in [1.165, 1.54) is 35.6 Å². The highest BCUT2D eigenvalue weighted by Gasteiger charge is 2.33. The summed E-state index contributed by atoms with van der Waals surface area (Å²) in [4.78, 5) is 31.3. The van der Waals surface area contributed by atoms with Crippen molar-refractivity contribution in [2.45, 2.75) is 42.2 Å². The van der Waals surface area contributed by atoms with Gasteiger partial charge in [-0.2, -0.15) is 0 Å². The zero-order chi connectivity index (χ0) is 28.6. The Labute approximate surface area is 241 Å². The molecule has 6 rings (SSSR count). The van der Waals surface area contributed by atoms with Gasteiger partial charge in [-0.1, -0.05) is 12.1 Å². The SMILES string of the molecule is Cc1c(C(=O)NCc2cnc(-c3ccc(OC4CCNCC4)cc3)s2)ccc2c1NC(=O)c1ccccc1S2(=O)=O. The van der Waals surface area contributed by atoms with Crippen molar-refractivity contribution in [3.63, 3.8) is 0 Å². The van der Waals surface area contributed by atoms with E-state index in [0.717, 1.165) is 47.1 Å². The summed E-state index contributed by atoms with van der Waals surface area (Å²) in [5.41, 5.74) is 1.80. The van der Waals surface area contributed by atoms with E-state index >= 15 is 0 Å². The van der Waals surface area contributed by atoms with E-state index < -0.39 is 15.7 Å². The van der Waals surface area contributed by atoms with Crippen LogP contribution in [-0.2, 0) is 16.4 Å². The molecule has 3 heterocycles. The van der Waals surface area contributed by atoms with Gasteiger partial charge >= 0.3 is 0 Å². The minimum atomic E-state index is -3.96. The van der Waals surface area contributed by atoms with Crippen molar-refractivity contribution >= 4 is 38.7 Å². The van der Waals surface area contributed by atoms with E-state index in [1.54, 1.807) is 25.3 Å². The molecule has 3 N–H and O–H groups in total. The third kappa shape index (κ3) is 5.35. The molecule has 2 amide bonds. The maximum Gasteiger partial charge on any atom is 0.257 e. The summed E-state index contributed by atoms with van der Waals surface area (Å²) >= 11 is 1.48. The minimum Gasteiger partial charge on any atom is -0.490 e. The molecule has 0 atom stereocenters. The second-order valence-corrected chi connectivity index (χ2v) is 13.0. The molecule has 1 saturated heterocycles. The van der Waals surface area contributed by atoms with Crippen LogP contribution in [0.25, 0.3) is 10.6 Å². The number of ether oxygens (including phenoxy) is 1. The second kappa shape index (κ2) is 11.1. The average molecular weight is 589 g/mol. The number of carbonyl (C=O) groups is 2. The summed E-state index contributed by atoms with van der Waals surface area (Å²) in [5, 5.41) is 9.76. The van der Waals surface area contributed by atoms with Gasteiger partial charge in [-0.25, -0.2) is 13.4 Å². The quantitative estimate of drug-likeness (QED) is 0.301. The van der Waals surface area contributed by atoms with Crippen LogP contribution in [0.1, 0.15) is 44.0 Å². The second-order valence-electron chi connectivity index (χ2n) is 9.97. The van der Waals surface area contributed by atoms with Crippen LogP contribution in [0.15, 0.2) is 76.7 Å². The van der Waals surface area contributed by atoms with Crippen molar-refractivity contribution in [3.8, 4) is 16.3 Å². The Morgan fingerprint density at radius 3 is 2.59 bits per heavy atom. The molecular formula is C30H28N4O5S2. The number of aromatic nitrogens is 1. The highest BCUT2D eigenvalue weighted by molar-refractivity contribution is 7.91. The van der Waals surface area contributed by atoms with Gasteiger partial charge in [0, 0.05) is 22.2 Å². The minimum absolute atomic E-state index is 0.0379. The number of amides is 2. The molecule has 3 aromatic carbocycles. The molecule has 2 aliphatic rings. The molecule has 11 heteroatoms. The van der Waals surface area contributed by atoms with Gasteiger partial charge in [0.25, 0.3) is 11.8 Å². The lowest BCUT2D eigenvalue weighted by atomic mass is 10.1. The van der Waals surface area contributed by atoms with Crippen molar-refractivity contribution in [2.75, 3.05) is 18.4 Å². The van der Waals surface area contributed by atoms with E-state index in [1.807, 2.05) is 24.3 Å². The number of hydrogen-bond donors (Lipinski definition) is 3. The monoisotopic (exact) mass is 588 g/mol. The number of sulfone groups is 1. The van der Waals surface area contributed by atoms with Crippen LogP contribution in [0.5, 0.6) is 5.75 Å². The molecule has 1 fully saturated rings. The number of nitrogens with one attached hydrogen (secondary N) is 3. The predicted molar refractivity (Wildman–Crippen MR) is 156 cm³/mol. The van der Waals surface area contributed by atoms with E-state index in [2.05, 4.69) is 20.9 Å². The molecule has 0 unspecified atom stereocenters. The van der Waals surface area contributed by atoms with Gasteiger partial charge in [0.05, 0.1) is 27.6 Å². The van der Waals surface area contributed by atoms with Crippen molar-refractivity contribution < 1.29 is 22.7 Å². The van der Waals surface area contributed by atoms with Crippen LogP contribution in [0, 0.1) is 6.92 Å². The number of hydrogen-bond acceptors (Lipinski definition) is 8. The van der Waals surface area contributed by atoms with Crippen LogP contribution in [0.4, 0.5) is 5.69 Å². The van der Waals surface area contributed by atoms with Gasteiger partial charge in [0.2, 0.25) is 9.84 Å². The fourth-order valence-corrected chi connectivity index (χ4v) is 7.59. The lowest BCUT2D eigenvalue weighted by molar-refractivity contribution is 0.0949. The number of anilines is 1. The molecule has 2 aliphatic heterocycles. The van der Waals surface area contributed by atoms with Crippen LogP contribution in [0.3, 0.4) is 0 Å². The average Bonchev–Trinajstić information content (AvgIpc) is 3.44. The lowest BCUT2D eigenvalue weighted by Crippen LogP contribution is -2.34. The lowest BCUT2D eigenvalue weighted by Gasteiger charge is -2.23. The van der Waals surface area contributed by atoms with Gasteiger partial charge in [-0.3, -0.25) is 9.59 Å². The van der Waals surface area contributed by atoms with Crippen molar-refractivity contribution in [1.82, 2.24) is 15.6 Å². The van der Waals surface area contributed by atoms with E-state index in [-0.39, 0.29) is 45.2 Å². The summed E-state index contributed by atoms with van der Waals surface area (Å²) in [7, 11) is -3.96. The van der Waals surface area contributed by atoms with Gasteiger partial charge < -0.3 is 20.7 Å². The van der Waals surface area contributed by atoms with Crippen molar-refractivity contribution in [3.05, 3.63) is 88.4 Å². The van der Waals surface area contributed by atoms with Crippen LogP contribution in [0.2, 0.25) is 0 Å². The Morgan fingerprint density at radius 2 is 1.80 bits per heavy atom. The highest BCUT2D eigenvalue weighted by atomic mass is 32.2. The van der Waals surface area contributed by atoms with Crippen LogP contribution in [-0.4, -0.2) is 44.4 Å². The number of carbonyl (C=O) groups excluding carboxylic acids is 2. The summed E-state index contributed by atoms with van der Waals surface area (Å²) in [5.74, 6) is -0.0755. The molecule has 1 aromatic heterocycles. The third-order valence-electron chi connectivity index (χ3n) is 7.29.